The van der Waals surface area contributed by atoms with Gasteiger partial charge in [0, 0.05) is 57.8 Å². The predicted octanol–water partition coefficient (Wildman–Crippen LogP) is 2.90. The van der Waals surface area contributed by atoms with E-state index in [9.17, 15) is 13.6 Å². The summed E-state index contributed by atoms with van der Waals surface area (Å²) in [6.45, 7) is 4.11. The molecule has 7 heteroatoms. The van der Waals surface area contributed by atoms with Gasteiger partial charge < -0.3 is 9.80 Å². The molecule has 0 unspecified atom stereocenters. The fourth-order valence-corrected chi connectivity index (χ4v) is 3.49. The first-order valence-corrected chi connectivity index (χ1v) is 9.18. The first-order valence-electron chi connectivity index (χ1n) is 9.18. The Hall–Kier alpha value is -1.79. The number of aromatic nitrogens is 2. The molecule has 3 heterocycles. The van der Waals surface area contributed by atoms with Crippen LogP contribution in [0, 0.1) is 5.92 Å². The number of alkyl halides is 2. The summed E-state index contributed by atoms with van der Waals surface area (Å²) in [6.07, 6.45) is 6.53. The SMILES string of the molecule is CCc1cnc(N2CCC(CC(=O)N3CCC(F)(F)CC3)CC2)nc1. The normalized spacial score (nSPS) is 21.4. The summed E-state index contributed by atoms with van der Waals surface area (Å²) in [6, 6.07) is 0. The van der Waals surface area contributed by atoms with E-state index in [4.69, 9.17) is 0 Å². The molecular formula is C18H26F2N4O. The Morgan fingerprint density at radius 1 is 1.16 bits per heavy atom. The average molecular weight is 352 g/mol. The van der Waals surface area contributed by atoms with Crippen molar-refractivity contribution < 1.29 is 13.6 Å². The molecule has 1 aromatic rings. The number of anilines is 1. The summed E-state index contributed by atoms with van der Waals surface area (Å²) in [4.78, 5) is 24.9. The number of hydrogen-bond acceptors (Lipinski definition) is 4. The fraction of sp³-hybridized carbons (Fsp3) is 0.722. The van der Waals surface area contributed by atoms with Gasteiger partial charge in [0.1, 0.15) is 0 Å². The van der Waals surface area contributed by atoms with Crippen LogP contribution >= 0.6 is 0 Å². The van der Waals surface area contributed by atoms with Gasteiger partial charge in [0.25, 0.3) is 5.92 Å². The van der Waals surface area contributed by atoms with Crippen molar-refractivity contribution in [2.75, 3.05) is 31.1 Å². The van der Waals surface area contributed by atoms with Crippen molar-refractivity contribution in [3.05, 3.63) is 18.0 Å². The maximum Gasteiger partial charge on any atom is 0.251 e. The molecule has 0 aliphatic carbocycles. The van der Waals surface area contributed by atoms with Crippen LogP contribution in [-0.4, -0.2) is 52.9 Å². The summed E-state index contributed by atoms with van der Waals surface area (Å²) < 4.78 is 26.4. The highest BCUT2D eigenvalue weighted by Crippen LogP contribution is 2.29. The Kier molecular flexibility index (Phi) is 5.49. The highest BCUT2D eigenvalue weighted by atomic mass is 19.3. The highest BCUT2D eigenvalue weighted by Gasteiger charge is 2.36. The van der Waals surface area contributed by atoms with Crippen LogP contribution in [0.5, 0.6) is 0 Å². The topological polar surface area (TPSA) is 49.3 Å². The number of piperidine rings is 2. The van der Waals surface area contributed by atoms with Gasteiger partial charge in [0.15, 0.2) is 0 Å². The van der Waals surface area contributed by atoms with Gasteiger partial charge in [-0.1, -0.05) is 6.92 Å². The second kappa shape index (κ2) is 7.62. The maximum atomic E-state index is 13.2. The van der Waals surface area contributed by atoms with Crippen molar-refractivity contribution in [3.8, 4) is 0 Å². The molecule has 0 bridgehead atoms. The van der Waals surface area contributed by atoms with Crippen LogP contribution in [0.25, 0.3) is 0 Å². The van der Waals surface area contributed by atoms with Crippen molar-refractivity contribution in [2.45, 2.75) is 51.4 Å². The zero-order valence-electron chi connectivity index (χ0n) is 14.8. The van der Waals surface area contributed by atoms with Crippen molar-refractivity contribution in [1.82, 2.24) is 14.9 Å². The van der Waals surface area contributed by atoms with Crippen molar-refractivity contribution in [2.24, 2.45) is 5.92 Å². The minimum absolute atomic E-state index is 0.0255. The van der Waals surface area contributed by atoms with E-state index in [1.807, 2.05) is 12.4 Å². The number of rotatable bonds is 4. The summed E-state index contributed by atoms with van der Waals surface area (Å²) in [5.74, 6) is -1.51. The van der Waals surface area contributed by atoms with E-state index < -0.39 is 5.92 Å². The molecule has 2 aliphatic rings. The van der Waals surface area contributed by atoms with Gasteiger partial charge in [-0.3, -0.25) is 4.79 Å². The lowest BCUT2D eigenvalue weighted by molar-refractivity contribution is -0.138. The Morgan fingerprint density at radius 3 is 2.32 bits per heavy atom. The molecule has 1 aromatic heterocycles. The number of likely N-dealkylation sites (tertiary alicyclic amines) is 1. The zero-order valence-corrected chi connectivity index (χ0v) is 14.8. The average Bonchev–Trinajstić information content (AvgIpc) is 2.62. The lowest BCUT2D eigenvalue weighted by Crippen LogP contribution is -2.44. The number of carbonyl (C=O) groups is 1. The minimum atomic E-state index is -2.60. The Morgan fingerprint density at radius 2 is 1.76 bits per heavy atom. The van der Waals surface area contributed by atoms with Gasteiger partial charge in [-0.25, -0.2) is 18.7 Å². The van der Waals surface area contributed by atoms with E-state index in [0.717, 1.165) is 43.9 Å². The van der Waals surface area contributed by atoms with Gasteiger partial charge in [-0.05, 0) is 30.7 Å². The minimum Gasteiger partial charge on any atom is -0.342 e. The van der Waals surface area contributed by atoms with Crippen LogP contribution in [0.3, 0.4) is 0 Å². The second-order valence-electron chi connectivity index (χ2n) is 7.12. The number of halogens is 2. The van der Waals surface area contributed by atoms with E-state index in [1.54, 1.807) is 4.90 Å². The van der Waals surface area contributed by atoms with Crippen LogP contribution in [0.15, 0.2) is 12.4 Å². The largest absolute Gasteiger partial charge is 0.342 e. The Bertz CT molecular complexity index is 575. The first kappa shape index (κ1) is 18.0. The van der Waals surface area contributed by atoms with Crippen molar-refractivity contribution in [3.63, 3.8) is 0 Å². The van der Waals surface area contributed by atoms with E-state index in [-0.39, 0.29) is 31.8 Å². The van der Waals surface area contributed by atoms with Crippen LogP contribution < -0.4 is 4.90 Å². The second-order valence-corrected chi connectivity index (χ2v) is 7.12. The molecule has 0 spiro atoms. The van der Waals surface area contributed by atoms with Crippen molar-refractivity contribution >= 4 is 11.9 Å². The standard InChI is InChI=1S/C18H26F2N4O/c1-2-14-12-21-17(22-13-14)24-7-3-15(4-8-24)11-16(25)23-9-5-18(19,20)6-10-23/h12-13,15H,2-11H2,1H3. The molecule has 138 valence electrons. The number of nitrogens with zero attached hydrogens (tertiary/aromatic N) is 4. The van der Waals surface area contributed by atoms with Gasteiger partial charge in [-0.15, -0.1) is 0 Å². The molecule has 2 saturated heterocycles. The molecule has 2 aliphatic heterocycles. The molecule has 1 amide bonds. The van der Waals surface area contributed by atoms with Crippen LogP contribution in [0.2, 0.25) is 0 Å². The Labute approximate surface area is 147 Å². The monoisotopic (exact) mass is 352 g/mol. The summed E-state index contributed by atoms with van der Waals surface area (Å²) >= 11 is 0. The van der Waals surface area contributed by atoms with Crippen LogP contribution in [0.1, 0.15) is 44.6 Å². The summed E-state index contributed by atoms with van der Waals surface area (Å²) in [5.41, 5.74) is 1.12. The maximum absolute atomic E-state index is 13.2. The summed E-state index contributed by atoms with van der Waals surface area (Å²) in [5, 5.41) is 0. The number of carbonyl (C=O) groups excluding carboxylic acids is 1. The molecule has 25 heavy (non-hydrogen) atoms. The number of amides is 1. The van der Waals surface area contributed by atoms with E-state index in [0.29, 0.717) is 12.3 Å². The predicted molar refractivity (Wildman–Crippen MR) is 91.7 cm³/mol. The number of aryl methyl sites for hydroxylation is 1. The quantitative estimate of drug-likeness (QED) is 0.836. The summed E-state index contributed by atoms with van der Waals surface area (Å²) in [7, 11) is 0. The van der Waals surface area contributed by atoms with Crippen LogP contribution in [0.4, 0.5) is 14.7 Å². The Balaban J connectivity index is 1.45. The van der Waals surface area contributed by atoms with Gasteiger partial charge in [-0.2, -0.15) is 0 Å². The van der Waals surface area contributed by atoms with Gasteiger partial charge in [0.2, 0.25) is 11.9 Å². The third-order valence-corrected chi connectivity index (χ3v) is 5.31. The fourth-order valence-electron chi connectivity index (χ4n) is 3.49. The van der Waals surface area contributed by atoms with Gasteiger partial charge in [0.05, 0.1) is 0 Å². The lowest BCUT2D eigenvalue weighted by atomic mass is 9.92. The first-order chi connectivity index (χ1) is 12.0. The molecule has 0 aromatic carbocycles. The smallest absolute Gasteiger partial charge is 0.251 e. The molecular weight excluding hydrogens is 326 g/mol. The molecule has 3 rings (SSSR count). The highest BCUT2D eigenvalue weighted by molar-refractivity contribution is 5.76. The molecule has 0 radical (unpaired) electrons. The van der Waals surface area contributed by atoms with Crippen molar-refractivity contribution in [1.29, 1.82) is 0 Å². The van der Waals surface area contributed by atoms with Gasteiger partial charge >= 0.3 is 0 Å². The molecule has 0 N–H and O–H groups in total. The third-order valence-electron chi connectivity index (χ3n) is 5.31. The zero-order chi connectivity index (χ0) is 17.9. The molecule has 5 nitrogen and oxygen atoms in total. The van der Waals surface area contributed by atoms with E-state index >= 15 is 0 Å². The number of hydrogen-bond donors (Lipinski definition) is 0. The van der Waals surface area contributed by atoms with E-state index in [2.05, 4.69) is 21.8 Å². The molecule has 2 fully saturated rings. The van der Waals surface area contributed by atoms with E-state index in [1.165, 1.54) is 0 Å². The van der Waals surface area contributed by atoms with Crippen LogP contribution in [-0.2, 0) is 11.2 Å². The molecule has 0 saturated carbocycles. The third kappa shape index (κ3) is 4.64. The lowest BCUT2D eigenvalue weighted by Gasteiger charge is -2.35. The molecule has 0 atom stereocenters.